The number of hydrogen-bond donors (Lipinski definition) is 0. The molecule has 0 spiro atoms. The Bertz CT molecular complexity index is 763. The third-order valence-electron chi connectivity index (χ3n) is 6.61. The summed E-state index contributed by atoms with van der Waals surface area (Å²) in [5.74, 6) is 1.12. The molecule has 1 saturated carbocycles. The van der Waals surface area contributed by atoms with Gasteiger partial charge in [0.1, 0.15) is 0 Å². The maximum Gasteiger partial charge on any atom is 0.0892 e. The van der Waals surface area contributed by atoms with Gasteiger partial charge in [0, 0.05) is 19.0 Å². The molecule has 2 aromatic rings. The first-order valence-electron chi connectivity index (χ1n) is 9.21. The largest absolute Gasteiger partial charge is 0.293 e. The Labute approximate surface area is 145 Å². The molecule has 0 radical (unpaired) electrons. The van der Waals surface area contributed by atoms with Crippen molar-refractivity contribution >= 4 is 10.8 Å². The van der Waals surface area contributed by atoms with E-state index in [1.807, 2.05) is 0 Å². The summed E-state index contributed by atoms with van der Waals surface area (Å²) in [7, 11) is 2.11. The Hall–Kier alpha value is -1.38. The molecule has 1 heterocycles. The topological polar surface area (TPSA) is 12.5 Å². The predicted molar refractivity (Wildman–Crippen MR) is 99.9 cm³/mol. The molecule has 2 aromatic carbocycles. The summed E-state index contributed by atoms with van der Waals surface area (Å²) >= 11 is 0. The Morgan fingerprint density at radius 2 is 1.67 bits per heavy atom. The van der Waals surface area contributed by atoms with Crippen LogP contribution in [0.15, 0.2) is 42.5 Å². The average Bonchev–Trinajstić information content (AvgIpc) is 2.76. The zero-order chi connectivity index (χ0) is 17.1. The average molecular weight is 323 g/mol. The maximum absolute atomic E-state index is 6.22. The fourth-order valence-electron chi connectivity index (χ4n) is 5.86. The standard InChI is InChI=1S/C22H29NO/c1-21(2)18(12-13-19-20(21)22(3,4)24-23(19)5)17-11-10-15-8-6-7-9-16(15)14-17/h6-11,14,18-20H,12-13H2,1-5H3. The summed E-state index contributed by atoms with van der Waals surface area (Å²) in [5, 5.41) is 4.81. The van der Waals surface area contributed by atoms with Gasteiger partial charge in [0.15, 0.2) is 0 Å². The van der Waals surface area contributed by atoms with Gasteiger partial charge in [-0.1, -0.05) is 56.3 Å². The van der Waals surface area contributed by atoms with Gasteiger partial charge in [-0.15, -0.1) is 0 Å². The van der Waals surface area contributed by atoms with Gasteiger partial charge in [0.2, 0.25) is 0 Å². The molecule has 3 atom stereocenters. The van der Waals surface area contributed by atoms with Crippen molar-refractivity contribution in [2.45, 2.75) is 58.1 Å². The highest BCUT2D eigenvalue weighted by Crippen LogP contribution is 2.58. The molecule has 0 bridgehead atoms. The van der Waals surface area contributed by atoms with Crippen molar-refractivity contribution in [1.29, 1.82) is 0 Å². The van der Waals surface area contributed by atoms with Gasteiger partial charge in [0.05, 0.1) is 5.60 Å². The van der Waals surface area contributed by atoms with E-state index in [-0.39, 0.29) is 11.0 Å². The lowest BCUT2D eigenvalue weighted by Gasteiger charge is -2.50. The number of nitrogens with zero attached hydrogens (tertiary/aromatic N) is 1. The lowest BCUT2D eigenvalue weighted by atomic mass is 9.55. The first-order valence-corrected chi connectivity index (χ1v) is 9.21. The quantitative estimate of drug-likeness (QED) is 0.698. The van der Waals surface area contributed by atoms with Crippen LogP contribution in [0.5, 0.6) is 0 Å². The van der Waals surface area contributed by atoms with E-state index in [9.17, 15) is 0 Å². The molecule has 2 heteroatoms. The molecule has 0 amide bonds. The van der Waals surface area contributed by atoms with Crippen molar-refractivity contribution in [3.8, 4) is 0 Å². The third kappa shape index (κ3) is 2.31. The molecule has 0 N–H and O–H groups in total. The molecular weight excluding hydrogens is 294 g/mol. The molecule has 128 valence electrons. The smallest absolute Gasteiger partial charge is 0.0892 e. The molecule has 4 rings (SSSR count). The van der Waals surface area contributed by atoms with Crippen molar-refractivity contribution < 1.29 is 4.84 Å². The number of benzene rings is 2. The monoisotopic (exact) mass is 323 g/mol. The SMILES string of the molecule is CN1OC(C)(C)C2C1CCC(c1ccc3ccccc3c1)C2(C)C. The Balaban J connectivity index is 1.75. The summed E-state index contributed by atoms with van der Waals surface area (Å²) < 4.78 is 0. The second-order valence-electron chi connectivity index (χ2n) is 8.84. The van der Waals surface area contributed by atoms with Crippen LogP contribution in [-0.2, 0) is 4.84 Å². The predicted octanol–water partition coefficient (Wildman–Crippen LogP) is 5.38. The van der Waals surface area contributed by atoms with Gasteiger partial charge in [-0.3, -0.25) is 4.84 Å². The minimum Gasteiger partial charge on any atom is -0.293 e. The zero-order valence-electron chi connectivity index (χ0n) is 15.5. The molecule has 3 unspecified atom stereocenters. The number of rotatable bonds is 1. The Morgan fingerprint density at radius 3 is 2.42 bits per heavy atom. The van der Waals surface area contributed by atoms with E-state index in [0.717, 1.165) is 0 Å². The second kappa shape index (κ2) is 5.31. The minimum absolute atomic E-state index is 0.0988. The van der Waals surface area contributed by atoms with Crippen molar-refractivity contribution in [3.63, 3.8) is 0 Å². The van der Waals surface area contributed by atoms with Gasteiger partial charge in [-0.2, -0.15) is 5.06 Å². The molecule has 1 aliphatic heterocycles. The summed E-state index contributed by atoms with van der Waals surface area (Å²) in [6.45, 7) is 9.43. The van der Waals surface area contributed by atoms with E-state index in [1.165, 1.54) is 29.2 Å². The molecule has 2 aliphatic rings. The highest BCUT2D eigenvalue weighted by atomic mass is 16.7. The molecule has 2 fully saturated rings. The van der Waals surface area contributed by atoms with Crippen LogP contribution in [0.3, 0.4) is 0 Å². The molecule has 1 aliphatic carbocycles. The summed E-state index contributed by atoms with van der Waals surface area (Å²) in [5.41, 5.74) is 1.60. The van der Waals surface area contributed by atoms with Crippen molar-refractivity contribution in [2.24, 2.45) is 11.3 Å². The van der Waals surface area contributed by atoms with Crippen LogP contribution in [0, 0.1) is 11.3 Å². The highest BCUT2D eigenvalue weighted by molar-refractivity contribution is 5.83. The fourth-order valence-corrected chi connectivity index (χ4v) is 5.86. The van der Waals surface area contributed by atoms with Crippen LogP contribution >= 0.6 is 0 Å². The number of fused-ring (bicyclic) bond motifs is 2. The molecule has 1 saturated heterocycles. The minimum atomic E-state index is -0.0988. The fraction of sp³-hybridized carbons (Fsp3) is 0.545. The van der Waals surface area contributed by atoms with Crippen molar-refractivity contribution in [2.75, 3.05) is 7.05 Å². The van der Waals surface area contributed by atoms with Gasteiger partial charge in [-0.05, 0) is 54.4 Å². The normalized spacial score (nSPS) is 32.0. The number of hydroxylamine groups is 2. The van der Waals surface area contributed by atoms with Crippen LogP contribution in [0.1, 0.15) is 52.0 Å². The first kappa shape index (κ1) is 16.1. The molecular formula is C22H29NO. The summed E-state index contributed by atoms with van der Waals surface area (Å²) in [4.78, 5) is 6.22. The second-order valence-corrected chi connectivity index (χ2v) is 8.84. The zero-order valence-corrected chi connectivity index (χ0v) is 15.5. The van der Waals surface area contributed by atoms with E-state index < -0.39 is 0 Å². The summed E-state index contributed by atoms with van der Waals surface area (Å²) in [6, 6.07) is 16.3. The van der Waals surface area contributed by atoms with Crippen LogP contribution < -0.4 is 0 Å². The van der Waals surface area contributed by atoms with Crippen LogP contribution in [0.4, 0.5) is 0 Å². The lowest BCUT2D eigenvalue weighted by molar-refractivity contribution is -0.180. The van der Waals surface area contributed by atoms with E-state index in [4.69, 9.17) is 4.84 Å². The van der Waals surface area contributed by atoms with Crippen molar-refractivity contribution in [3.05, 3.63) is 48.0 Å². The van der Waals surface area contributed by atoms with Crippen molar-refractivity contribution in [1.82, 2.24) is 5.06 Å². The molecule has 24 heavy (non-hydrogen) atoms. The summed E-state index contributed by atoms with van der Waals surface area (Å²) in [6.07, 6.45) is 2.45. The Morgan fingerprint density at radius 1 is 0.958 bits per heavy atom. The molecule has 2 nitrogen and oxygen atoms in total. The van der Waals surface area contributed by atoms with E-state index in [0.29, 0.717) is 17.9 Å². The van der Waals surface area contributed by atoms with Crippen LogP contribution in [0.2, 0.25) is 0 Å². The van der Waals surface area contributed by atoms with E-state index >= 15 is 0 Å². The maximum atomic E-state index is 6.22. The number of hydrogen-bond acceptors (Lipinski definition) is 2. The van der Waals surface area contributed by atoms with E-state index in [2.05, 4.69) is 82.3 Å². The van der Waals surface area contributed by atoms with E-state index in [1.54, 1.807) is 0 Å². The molecule has 0 aromatic heterocycles. The van der Waals surface area contributed by atoms with Gasteiger partial charge < -0.3 is 0 Å². The van der Waals surface area contributed by atoms with Crippen LogP contribution in [-0.4, -0.2) is 23.8 Å². The highest BCUT2D eigenvalue weighted by Gasteiger charge is 2.58. The van der Waals surface area contributed by atoms with Gasteiger partial charge in [-0.25, -0.2) is 0 Å². The lowest BCUT2D eigenvalue weighted by Crippen LogP contribution is -2.49. The Kier molecular flexibility index (Phi) is 3.56. The van der Waals surface area contributed by atoms with Gasteiger partial charge in [0.25, 0.3) is 0 Å². The van der Waals surface area contributed by atoms with Gasteiger partial charge >= 0.3 is 0 Å². The van der Waals surface area contributed by atoms with Crippen LogP contribution in [0.25, 0.3) is 10.8 Å². The third-order valence-corrected chi connectivity index (χ3v) is 6.61. The first-order chi connectivity index (χ1) is 11.3.